The lowest BCUT2D eigenvalue weighted by molar-refractivity contribution is -0.384. The molecule has 0 aliphatic carbocycles. The summed E-state index contributed by atoms with van der Waals surface area (Å²) in [6, 6.07) is 0. The summed E-state index contributed by atoms with van der Waals surface area (Å²) in [6.07, 6.45) is 1.34. The zero-order chi connectivity index (χ0) is 14.8. The van der Waals surface area contributed by atoms with Gasteiger partial charge in [0.15, 0.2) is 8.32 Å². The van der Waals surface area contributed by atoms with Crippen LogP contribution in [0.15, 0.2) is 6.20 Å². The quantitative estimate of drug-likeness (QED) is 0.509. The van der Waals surface area contributed by atoms with Gasteiger partial charge in [0.1, 0.15) is 6.20 Å². The van der Waals surface area contributed by atoms with Gasteiger partial charge in [-0.25, -0.2) is 0 Å². The lowest BCUT2D eigenvalue weighted by Gasteiger charge is -2.36. The van der Waals surface area contributed by atoms with E-state index in [0.29, 0.717) is 13.2 Å². The highest BCUT2D eigenvalue weighted by molar-refractivity contribution is 6.74. The predicted molar refractivity (Wildman–Crippen MR) is 76.4 cm³/mol. The molecule has 7 nitrogen and oxygen atoms in total. The Morgan fingerprint density at radius 3 is 2.53 bits per heavy atom. The van der Waals surface area contributed by atoms with Crippen LogP contribution in [-0.2, 0) is 11.0 Å². The molecular weight excluding hydrogens is 264 g/mol. The Kier molecular flexibility index (Phi) is 4.36. The minimum absolute atomic E-state index is 0.0580. The number of anilines is 1. The minimum atomic E-state index is -1.79. The zero-order valence-corrected chi connectivity index (χ0v) is 13.1. The molecule has 8 heteroatoms. The third-order valence-electron chi connectivity index (χ3n) is 3.56. The van der Waals surface area contributed by atoms with Crippen molar-refractivity contribution in [3.63, 3.8) is 0 Å². The van der Waals surface area contributed by atoms with Crippen LogP contribution in [0.4, 0.5) is 11.5 Å². The van der Waals surface area contributed by atoms with Gasteiger partial charge in [0.2, 0.25) is 5.82 Å². The number of nitrogens with zero attached hydrogens (tertiary/aromatic N) is 3. The van der Waals surface area contributed by atoms with Crippen LogP contribution in [0.2, 0.25) is 18.1 Å². The maximum absolute atomic E-state index is 10.6. The fourth-order valence-electron chi connectivity index (χ4n) is 1.29. The van der Waals surface area contributed by atoms with E-state index in [1.165, 1.54) is 10.9 Å². The SMILES string of the molecule is CC(C)(C)[Si](C)(C)OCCn1cc([N+](=O)[O-])c(N)n1. The van der Waals surface area contributed by atoms with Crippen LogP contribution in [0, 0.1) is 10.1 Å². The molecule has 0 radical (unpaired) electrons. The van der Waals surface area contributed by atoms with Crippen LogP contribution in [0.5, 0.6) is 0 Å². The Labute approximate surface area is 114 Å². The van der Waals surface area contributed by atoms with Crippen molar-refractivity contribution in [1.29, 1.82) is 0 Å². The molecule has 0 saturated heterocycles. The number of hydrogen-bond acceptors (Lipinski definition) is 5. The number of rotatable bonds is 5. The van der Waals surface area contributed by atoms with E-state index in [4.69, 9.17) is 10.2 Å². The van der Waals surface area contributed by atoms with Gasteiger partial charge in [0.05, 0.1) is 18.1 Å². The van der Waals surface area contributed by atoms with Crippen LogP contribution < -0.4 is 5.73 Å². The summed E-state index contributed by atoms with van der Waals surface area (Å²) in [5.41, 5.74) is 5.30. The summed E-state index contributed by atoms with van der Waals surface area (Å²) in [4.78, 5) is 10.1. The Morgan fingerprint density at radius 2 is 2.11 bits per heavy atom. The minimum Gasteiger partial charge on any atom is -0.415 e. The molecule has 19 heavy (non-hydrogen) atoms. The molecule has 0 fully saturated rings. The molecule has 1 aromatic heterocycles. The van der Waals surface area contributed by atoms with E-state index in [1.54, 1.807) is 0 Å². The normalized spacial score (nSPS) is 12.7. The van der Waals surface area contributed by atoms with Crippen molar-refractivity contribution in [1.82, 2.24) is 9.78 Å². The molecule has 0 spiro atoms. The van der Waals surface area contributed by atoms with Gasteiger partial charge in [0, 0.05) is 0 Å². The van der Waals surface area contributed by atoms with Gasteiger partial charge < -0.3 is 10.2 Å². The highest BCUT2D eigenvalue weighted by Crippen LogP contribution is 2.36. The van der Waals surface area contributed by atoms with Crippen LogP contribution in [-0.4, -0.2) is 29.6 Å². The number of aromatic nitrogens is 2. The van der Waals surface area contributed by atoms with E-state index in [0.717, 1.165) is 0 Å². The fraction of sp³-hybridized carbons (Fsp3) is 0.727. The Bertz CT molecular complexity index is 465. The van der Waals surface area contributed by atoms with Crippen LogP contribution in [0.3, 0.4) is 0 Å². The molecule has 0 unspecified atom stereocenters. The highest BCUT2D eigenvalue weighted by Gasteiger charge is 2.36. The first-order chi connectivity index (χ1) is 8.54. The van der Waals surface area contributed by atoms with Crippen molar-refractivity contribution in [2.24, 2.45) is 0 Å². The summed E-state index contributed by atoms with van der Waals surface area (Å²) in [7, 11) is -1.79. The smallest absolute Gasteiger partial charge is 0.330 e. The monoisotopic (exact) mass is 286 g/mol. The van der Waals surface area contributed by atoms with Crippen molar-refractivity contribution < 1.29 is 9.35 Å². The summed E-state index contributed by atoms with van der Waals surface area (Å²) >= 11 is 0. The van der Waals surface area contributed by atoms with E-state index in [2.05, 4.69) is 39.0 Å². The van der Waals surface area contributed by atoms with Gasteiger partial charge >= 0.3 is 5.69 Å². The van der Waals surface area contributed by atoms with E-state index in [-0.39, 0.29) is 16.5 Å². The summed E-state index contributed by atoms with van der Waals surface area (Å²) in [5.74, 6) is -0.0580. The van der Waals surface area contributed by atoms with Gasteiger partial charge in [-0.15, -0.1) is 5.10 Å². The molecule has 1 rings (SSSR count). The first-order valence-corrected chi connectivity index (χ1v) is 9.07. The molecule has 1 aromatic rings. The Balaban J connectivity index is 2.59. The fourth-order valence-corrected chi connectivity index (χ4v) is 2.33. The van der Waals surface area contributed by atoms with E-state index in [9.17, 15) is 10.1 Å². The summed E-state index contributed by atoms with van der Waals surface area (Å²) in [6.45, 7) is 11.8. The third-order valence-corrected chi connectivity index (χ3v) is 8.09. The molecule has 0 atom stereocenters. The molecule has 0 bridgehead atoms. The van der Waals surface area contributed by atoms with Crippen molar-refractivity contribution in [2.45, 2.75) is 45.4 Å². The van der Waals surface area contributed by atoms with Crippen molar-refractivity contribution >= 4 is 19.8 Å². The number of hydrogen-bond donors (Lipinski definition) is 1. The number of nitrogens with two attached hydrogens (primary N) is 1. The lowest BCUT2D eigenvalue weighted by atomic mass is 10.2. The topological polar surface area (TPSA) is 96.2 Å². The molecular formula is C11H22N4O3Si. The predicted octanol–water partition coefficient (Wildman–Crippen LogP) is 2.40. The van der Waals surface area contributed by atoms with Gasteiger partial charge in [-0.3, -0.25) is 14.8 Å². The Morgan fingerprint density at radius 1 is 1.53 bits per heavy atom. The maximum atomic E-state index is 10.6. The van der Waals surface area contributed by atoms with E-state index < -0.39 is 13.2 Å². The average Bonchev–Trinajstić information content (AvgIpc) is 2.57. The molecule has 0 amide bonds. The molecule has 108 valence electrons. The van der Waals surface area contributed by atoms with Gasteiger partial charge in [-0.2, -0.15) is 0 Å². The molecule has 0 aliphatic rings. The second kappa shape index (κ2) is 5.30. The number of nitrogen functional groups attached to an aromatic ring is 1. The van der Waals surface area contributed by atoms with Gasteiger partial charge in [-0.05, 0) is 18.1 Å². The molecule has 2 N–H and O–H groups in total. The van der Waals surface area contributed by atoms with Gasteiger partial charge in [-0.1, -0.05) is 20.8 Å². The average molecular weight is 286 g/mol. The van der Waals surface area contributed by atoms with Crippen LogP contribution >= 0.6 is 0 Å². The second-order valence-electron chi connectivity index (χ2n) is 6.03. The van der Waals surface area contributed by atoms with Crippen molar-refractivity contribution in [3.8, 4) is 0 Å². The van der Waals surface area contributed by atoms with E-state index >= 15 is 0 Å². The molecule has 0 saturated carbocycles. The maximum Gasteiger partial charge on any atom is 0.330 e. The van der Waals surface area contributed by atoms with Crippen LogP contribution in [0.1, 0.15) is 20.8 Å². The largest absolute Gasteiger partial charge is 0.415 e. The Hall–Kier alpha value is -1.41. The molecule has 0 aromatic carbocycles. The summed E-state index contributed by atoms with van der Waals surface area (Å²) < 4.78 is 7.43. The van der Waals surface area contributed by atoms with Crippen LogP contribution in [0.25, 0.3) is 0 Å². The second-order valence-corrected chi connectivity index (χ2v) is 10.8. The standard InChI is InChI=1S/C11H22N4O3Si/c1-11(2,3)19(4,5)18-7-6-14-8-9(15(16)17)10(12)13-14/h8H,6-7H2,1-5H3,(H2,12,13). The third kappa shape index (κ3) is 3.77. The molecule has 1 heterocycles. The number of nitro groups is 1. The lowest BCUT2D eigenvalue weighted by Crippen LogP contribution is -2.41. The highest BCUT2D eigenvalue weighted by atomic mass is 28.4. The van der Waals surface area contributed by atoms with Gasteiger partial charge in [0.25, 0.3) is 0 Å². The van der Waals surface area contributed by atoms with Crippen molar-refractivity contribution in [3.05, 3.63) is 16.3 Å². The molecule has 0 aliphatic heterocycles. The first kappa shape index (κ1) is 15.6. The van der Waals surface area contributed by atoms with E-state index in [1.807, 2.05) is 0 Å². The van der Waals surface area contributed by atoms with Crippen molar-refractivity contribution in [2.75, 3.05) is 12.3 Å². The summed E-state index contributed by atoms with van der Waals surface area (Å²) in [5, 5.41) is 14.7. The zero-order valence-electron chi connectivity index (χ0n) is 12.1. The first-order valence-electron chi connectivity index (χ1n) is 6.16.